The SMILES string of the molecule is CC(C)Oc1cc([C@H](Cc2c(Cl)c[n+]([O-])cc2Cl)OC(=O)c2ccc(CNC(C(=O)O[C@H]3CN4CCC3CC4)c3ccccc3F)cc2)ccc1OC(F)F.O=CO. The van der Waals surface area contributed by atoms with Crippen LogP contribution in [0.2, 0.25) is 10.0 Å². The molecule has 3 aliphatic heterocycles. The molecule has 1 unspecified atom stereocenters. The van der Waals surface area contributed by atoms with E-state index in [1.54, 1.807) is 44.2 Å². The Morgan fingerprint density at radius 1 is 1.00 bits per heavy atom. The summed E-state index contributed by atoms with van der Waals surface area (Å²) < 4.78 is 64.1. The molecule has 2 N–H and O–H groups in total. The smallest absolute Gasteiger partial charge is 0.387 e. The predicted octanol–water partition coefficient (Wildman–Crippen LogP) is 7.46. The zero-order chi connectivity index (χ0) is 41.9. The maximum absolute atomic E-state index is 15.0. The lowest BCUT2D eigenvalue weighted by molar-refractivity contribution is -0.605. The van der Waals surface area contributed by atoms with E-state index in [1.165, 1.54) is 36.4 Å². The standard InChI is InChI=1S/C40H40Cl2F3N3O7.CH2O2/c1-23(2)52-35-17-27(11-12-33(35)55-40(44)45)34(18-29-30(41)20-48(51)21-31(29)42)53-38(49)26-9-7-24(8-10-26)19-46-37(28-5-3-4-6-32(28)43)39(50)54-36-22-47-15-13-25(36)14-16-47;2-1-3/h3-12,17,20-21,23,25,34,36-37,40,46H,13-16,18-19,22H2,1-2H3;1H,(H,2,3)/t34-,36-,37?;/m0./s1. The van der Waals surface area contributed by atoms with Gasteiger partial charge in [0.15, 0.2) is 23.9 Å². The van der Waals surface area contributed by atoms with Crippen molar-refractivity contribution in [1.82, 2.24) is 10.2 Å². The van der Waals surface area contributed by atoms with E-state index in [1.807, 2.05) is 0 Å². The van der Waals surface area contributed by atoms with E-state index in [9.17, 15) is 28.0 Å². The number of carbonyl (C=O) groups is 3. The van der Waals surface area contributed by atoms with Crippen LogP contribution in [0, 0.1) is 16.9 Å². The minimum atomic E-state index is -3.11. The molecule has 1 aromatic heterocycles. The third-order valence-electron chi connectivity index (χ3n) is 9.63. The summed E-state index contributed by atoms with van der Waals surface area (Å²) in [4.78, 5) is 37.8. The predicted molar refractivity (Wildman–Crippen MR) is 206 cm³/mol. The third kappa shape index (κ3) is 11.7. The van der Waals surface area contributed by atoms with Crippen molar-refractivity contribution in [1.29, 1.82) is 0 Å². The molecule has 4 aromatic rings. The molecule has 0 spiro atoms. The van der Waals surface area contributed by atoms with Crippen LogP contribution in [-0.2, 0) is 32.0 Å². The van der Waals surface area contributed by atoms with Gasteiger partial charge in [0, 0.05) is 30.6 Å². The first kappa shape index (κ1) is 44.0. The fourth-order valence-electron chi connectivity index (χ4n) is 6.87. The van der Waals surface area contributed by atoms with Gasteiger partial charge in [0.2, 0.25) is 0 Å². The Balaban J connectivity index is 0.00000207. The van der Waals surface area contributed by atoms with Crippen LogP contribution >= 0.6 is 23.2 Å². The molecule has 0 aliphatic carbocycles. The van der Waals surface area contributed by atoms with Crippen molar-refractivity contribution in [3.63, 3.8) is 0 Å². The number of fused-ring (bicyclic) bond motifs is 3. The van der Waals surface area contributed by atoms with Crippen molar-refractivity contribution in [2.45, 2.75) is 70.6 Å². The monoisotopic (exact) mass is 847 g/mol. The number of hydrogen-bond donors (Lipinski definition) is 2. The molecule has 3 atom stereocenters. The quantitative estimate of drug-likeness (QED) is 0.0531. The second-order valence-corrected chi connectivity index (χ2v) is 14.7. The minimum Gasteiger partial charge on any atom is -0.619 e. The summed E-state index contributed by atoms with van der Waals surface area (Å²) in [5.74, 6) is -1.78. The number of ether oxygens (including phenoxy) is 4. The fraction of sp³-hybridized carbons (Fsp3) is 0.366. The van der Waals surface area contributed by atoms with E-state index >= 15 is 0 Å². The molecule has 0 amide bonds. The Morgan fingerprint density at radius 2 is 1.66 bits per heavy atom. The largest absolute Gasteiger partial charge is 0.619 e. The topological polar surface area (TPSA) is 151 Å². The summed E-state index contributed by atoms with van der Waals surface area (Å²) in [6.07, 6.45) is 2.29. The summed E-state index contributed by atoms with van der Waals surface area (Å²) in [6.45, 7) is 2.83. The Labute approximate surface area is 342 Å². The van der Waals surface area contributed by atoms with Crippen LogP contribution < -0.4 is 19.5 Å². The number of alkyl halides is 2. The fourth-order valence-corrected chi connectivity index (χ4v) is 7.47. The van der Waals surface area contributed by atoms with Gasteiger partial charge >= 0.3 is 18.6 Å². The van der Waals surface area contributed by atoms with Crippen molar-refractivity contribution in [2.24, 2.45) is 5.92 Å². The minimum absolute atomic E-state index is 0.00493. The number of piperidine rings is 3. The molecule has 7 rings (SSSR count). The van der Waals surface area contributed by atoms with Gasteiger partial charge in [-0.3, -0.25) is 15.0 Å². The maximum atomic E-state index is 15.0. The number of nitrogens with one attached hydrogen (secondary N) is 1. The van der Waals surface area contributed by atoms with Gasteiger partial charge in [-0.05, 0) is 87.2 Å². The summed E-state index contributed by atoms with van der Waals surface area (Å²) >= 11 is 12.7. The van der Waals surface area contributed by atoms with Crippen molar-refractivity contribution >= 4 is 41.6 Å². The third-order valence-corrected chi connectivity index (χ3v) is 10.3. The number of esters is 2. The van der Waals surface area contributed by atoms with Crippen molar-refractivity contribution in [3.8, 4) is 11.5 Å². The van der Waals surface area contributed by atoms with E-state index in [0.29, 0.717) is 28.0 Å². The molecule has 3 aliphatic rings. The number of carboxylic acid groups (broad SMARTS) is 1. The van der Waals surface area contributed by atoms with E-state index in [-0.39, 0.29) is 64.1 Å². The number of pyridine rings is 1. The van der Waals surface area contributed by atoms with Gasteiger partial charge in [0.1, 0.15) is 34.1 Å². The van der Waals surface area contributed by atoms with Crippen molar-refractivity contribution in [2.75, 3.05) is 19.6 Å². The zero-order valence-corrected chi connectivity index (χ0v) is 33.0. The average molecular weight is 849 g/mol. The van der Waals surface area contributed by atoms with Gasteiger partial charge < -0.3 is 29.3 Å². The molecule has 17 heteroatoms. The summed E-state index contributed by atoms with van der Waals surface area (Å²) in [5.41, 5.74) is 1.68. The van der Waals surface area contributed by atoms with Gasteiger partial charge in [-0.15, -0.1) is 0 Å². The van der Waals surface area contributed by atoms with E-state index in [2.05, 4.69) is 15.0 Å². The van der Waals surface area contributed by atoms with E-state index in [4.69, 9.17) is 47.3 Å². The van der Waals surface area contributed by atoms with Crippen LogP contribution in [0.25, 0.3) is 0 Å². The summed E-state index contributed by atoms with van der Waals surface area (Å²) in [7, 11) is 0. The highest BCUT2D eigenvalue weighted by atomic mass is 35.5. The first-order valence-corrected chi connectivity index (χ1v) is 19.1. The van der Waals surface area contributed by atoms with Crippen LogP contribution in [-0.4, -0.2) is 66.9 Å². The molecule has 310 valence electrons. The lowest BCUT2D eigenvalue weighted by Crippen LogP contribution is -2.52. The van der Waals surface area contributed by atoms with Gasteiger partial charge in [-0.2, -0.15) is 13.5 Å². The van der Waals surface area contributed by atoms with Crippen LogP contribution in [0.1, 0.15) is 71.4 Å². The molecule has 3 fully saturated rings. The Morgan fingerprint density at radius 3 is 2.24 bits per heavy atom. The van der Waals surface area contributed by atoms with Gasteiger partial charge in [-0.25, -0.2) is 14.0 Å². The number of carbonyl (C=O) groups excluding carboxylic acids is 2. The van der Waals surface area contributed by atoms with E-state index in [0.717, 1.165) is 38.3 Å². The molecule has 3 saturated heterocycles. The zero-order valence-electron chi connectivity index (χ0n) is 31.5. The van der Waals surface area contributed by atoms with Crippen LogP contribution in [0.4, 0.5) is 13.2 Å². The molecular formula is C41H42Cl2F3N3O9. The Hall–Kier alpha value is -5.09. The van der Waals surface area contributed by atoms with Gasteiger partial charge in [-0.1, -0.05) is 59.6 Å². The Kier molecular flexibility index (Phi) is 15.6. The average Bonchev–Trinajstić information content (AvgIpc) is 3.18. The molecule has 58 heavy (non-hydrogen) atoms. The van der Waals surface area contributed by atoms with Crippen LogP contribution in [0.5, 0.6) is 11.5 Å². The molecule has 3 aromatic carbocycles. The molecule has 2 bridgehead atoms. The van der Waals surface area contributed by atoms with Gasteiger partial charge in [0.25, 0.3) is 6.47 Å². The summed E-state index contributed by atoms with van der Waals surface area (Å²) in [6, 6.07) is 15.5. The molecular weight excluding hydrogens is 806 g/mol. The lowest BCUT2D eigenvalue weighted by atomic mass is 9.86. The highest BCUT2D eigenvalue weighted by molar-refractivity contribution is 6.35. The number of nitrogens with zero attached hydrogens (tertiary/aromatic N) is 2. The normalized spacial score (nSPS) is 18.1. The maximum Gasteiger partial charge on any atom is 0.387 e. The first-order chi connectivity index (χ1) is 27.8. The highest BCUT2D eigenvalue weighted by Gasteiger charge is 2.38. The van der Waals surface area contributed by atoms with Crippen molar-refractivity contribution in [3.05, 3.63) is 128 Å². The van der Waals surface area contributed by atoms with E-state index < -0.39 is 42.6 Å². The second kappa shape index (κ2) is 20.6. The molecule has 4 heterocycles. The Bertz CT molecular complexity index is 2010. The van der Waals surface area contributed by atoms with Crippen molar-refractivity contribution < 1.29 is 56.3 Å². The van der Waals surface area contributed by atoms with Crippen LogP contribution in [0.3, 0.4) is 0 Å². The first-order valence-electron chi connectivity index (χ1n) is 18.4. The van der Waals surface area contributed by atoms with Gasteiger partial charge in [0.05, 0.1) is 11.7 Å². The molecule has 0 radical (unpaired) electrons. The summed E-state index contributed by atoms with van der Waals surface area (Å²) in [5, 5.41) is 22.0. The lowest BCUT2D eigenvalue weighted by Gasteiger charge is -2.44. The van der Waals surface area contributed by atoms with Crippen LogP contribution in [0.15, 0.2) is 79.1 Å². The number of halogens is 5. The number of benzene rings is 3. The molecule has 0 saturated carbocycles. The second-order valence-electron chi connectivity index (χ2n) is 13.9. The highest BCUT2D eigenvalue weighted by Crippen LogP contribution is 2.37. The number of aromatic nitrogens is 1. The molecule has 12 nitrogen and oxygen atoms in total. The number of hydrogen-bond acceptors (Lipinski definition) is 10. The number of rotatable bonds is 15.